The molecule has 4 rings (SSSR count). The summed E-state index contributed by atoms with van der Waals surface area (Å²) < 4.78 is 46.5. The van der Waals surface area contributed by atoms with Gasteiger partial charge in [-0.25, -0.2) is 16.8 Å². The highest BCUT2D eigenvalue weighted by Crippen LogP contribution is 2.30. The van der Waals surface area contributed by atoms with Crippen molar-refractivity contribution >= 4 is 25.2 Å². The van der Waals surface area contributed by atoms with Gasteiger partial charge in [0.1, 0.15) is 0 Å². The van der Waals surface area contributed by atoms with Gasteiger partial charge in [0, 0.05) is 32.1 Å². The van der Waals surface area contributed by atoms with Gasteiger partial charge in [0.2, 0.25) is 0 Å². The van der Waals surface area contributed by atoms with E-state index in [4.69, 9.17) is 0 Å². The van der Waals surface area contributed by atoms with Gasteiger partial charge in [0.25, 0.3) is 0 Å². The van der Waals surface area contributed by atoms with Crippen LogP contribution in [-0.2, 0) is 19.7 Å². The Morgan fingerprint density at radius 2 is 1.46 bits per heavy atom. The maximum Gasteiger partial charge on any atom is 0.175 e. The lowest BCUT2D eigenvalue weighted by molar-refractivity contribution is 0.183. The van der Waals surface area contributed by atoms with E-state index in [1.54, 1.807) is 18.2 Å². The molecule has 2 aliphatic rings. The fraction of sp³-hybridized carbons (Fsp3) is 0.576. The molecule has 228 valence electrons. The molecule has 0 radical (unpaired) electrons. The number of rotatable bonds is 10. The predicted molar refractivity (Wildman–Crippen MR) is 171 cm³/mol. The van der Waals surface area contributed by atoms with Crippen molar-refractivity contribution in [3.63, 3.8) is 0 Å². The molecule has 2 aromatic rings. The lowest BCUT2D eigenvalue weighted by atomic mass is 9.89. The minimum Gasteiger partial charge on any atom is -0.303 e. The first-order chi connectivity index (χ1) is 19.4. The lowest BCUT2D eigenvalue weighted by Gasteiger charge is -2.33. The van der Waals surface area contributed by atoms with Crippen molar-refractivity contribution in [2.75, 3.05) is 51.8 Å². The van der Waals surface area contributed by atoms with Crippen LogP contribution in [0.3, 0.4) is 0 Å². The van der Waals surface area contributed by atoms with Crippen LogP contribution in [0.5, 0.6) is 0 Å². The van der Waals surface area contributed by atoms with Crippen LogP contribution in [0.15, 0.2) is 64.4 Å². The van der Waals surface area contributed by atoms with Gasteiger partial charge in [-0.1, -0.05) is 57.5 Å². The molecule has 8 heteroatoms. The second-order valence-corrected chi connectivity index (χ2v) is 15.9. The van der Waals surface area contributed by atoms with Crippen LogP contribution in [0.1, 0.15) is 76.3 Å². The average molecular weight is 603 g/mol. The molecule has 0 spiro atoms. The summed E-state index contributed by atoms with van der Waals surface area (Å²) in [5.41, 5.74) is 3.49. The summed E-state index contributed by atoms with van der Waals surface area (Å²) in [6.45, 7) is 13.4. The number of likely N-dealkylation sites (tertiary alicyclic amines) is 1. The minimum absolute atomic E-state index is 0.405. The van der Waals surface area contributed by atoms with Crippen LogP contribution < -0.4 is 0 Å². The van der Waals surface area contributed by atoms with Crippen molar-refractivity contribution in [3.8, 4) is 0 Å². The molecule has 1 unspecified atom stereocenters. The van der Waals surface area contributed by atoms with Gasteiger partial charge in [-0.3, -0.25) is 4.90 Å². The zero-order valence-electron chi connectivity index (χ0n) is 25.7. The maximum absolute atomic E-state index is 11.7. The van der Waals surface area contributed by atoms with E-state index in [-0.39, 0.29) is 0 Å². The molecule has 0 aromatic heterocycles. The first-order valence-electron chi connectivity index (χ1n) is 15.1. The van der Waals surface area contributed by atoms with Gasteiger partial charge in [-0.05, 0) is 105 Å². The number of benzene rings is 2. The summed E-state index contributed by atoms with van der Waals surface area (Å²) in [6.07, 6.45) is 11.7. The molecule has 1 saturated heterocycles. The molecule has 41 heavy (non-hydrogen) atoms. The third-order valence-electron chi connectivity index (χ3n) is 8.16. The summed E-state index contributed by atoms with van der Waals surface area (Å²) in [4.78, 5) is 5.84. The lowest BCUT2D eigenvalue weighted by Crippen LogP contribution is -2.36. The van der Waals surface area contributed by atoms with Crippen LogP contribution >= 0.6 is 0 Å². The number of hydrogen-bond donors (Lipinski definition) is 0. The van der Waals surface area contributed by atoms with Crippen LogP contribution in [-0.4, -0.2) is 78.4 Å². The van der Waals surface area contributed by atoms with E-state index in [1.807, 2.05) is 24.3 Å². The van der Waals surface area contributed by atoms with E-state index in [1.165, 1.54) is 49.5 Å². The highest BCUT2D eigenvalue weighted by molar-refractivity contribution is 7.91. The number of hydrogen-bond acceptors (Lipinski definition) is 6. The molecule has 2 aliphatic heterocycles. The second-order valence-electron chi connectivity index (χ2n) is 11.9. The van der Waals surface area contributed by atoms with Gasteiger partial charge in [0.05, 0.1) is 9.79 Å². The summed E-state index contributed by atoms with van der Waals surface area (Å²) in [5, 5.41) is 0. The Kier molecular flexibility index (Phi) is 12.6. The van der Waals surface area contributed by atoms with E-state index in [0.29, 0.717) is 15.7 Å². The first-order valence-corrected chi connectivity index (χ1v) is 18.9. The number of sulfone groups is 2. The Balaban J connectivity index is 0.000000228. The average Bonchev–Trinajstić information content (AvgIpc) is 2.94. The third kappa shape index (κ3) is 10.7. The van der Waals surface area contributed by atoms with E-state index in [9.17, 15) is 16.8 Å². The highest BCUT2D eigenvalue weighted by atomic mass is 32.2. The van der Waals surface area contributed by atoms with Gasteiger partial charge >= 0.3 is 0 Å². The van der Waals surface area contributed by atoms with Crippen molar-refractivity contribution in [1.82, 2.24) is 9.80 Å². The van der Waals surface area contributed by atoms with Crippen molar-refractivity contribution in [2.45, 2.75) is 75.0 Å². The zero-order chi connectivity index (χ0) is 30.0. The Hall–Kier alpha value is -2.00. The van der Waals surface area contributed by atoms with Crippen LogP contribution in [0, 0.1) is 5.92 Å². The summed E-state index contributed by atoms with van der Waals surface area (Å²) >= 11 is 0. The van der Waals surface area contributed by atoms with Crippen molar-refractivity contribution in [3.05, 3.63) is 65.7 Å². The van der Waals surface area contributed by atoms with Crippen molar-refractivity contribution in [1.29, 1.82) is 0 Å². The van der Waals surface area contributed by atoms with Gasteiger partial charge in [-0.15, -0.1) is 0 Å². The number of nitrogens with zero attached hydrogens (tertiary/aromatic N) is 2. The standard InChI is InChI=1S/C18H29NO2S.C15H21NO2S/c1-4-6-15(2)14-19-11-9-16(10-12-19)17-7-5-8-18(13-17)22(3,20)21;1-3-9-16-10-7-13(8-11-16)14-5-4-6-15(12-14)19(2,17)18/h5,7-8,13,15-16H,4,6,9-12,14H2,1-3H3;4-7,12H,3,8-11H2,1-2H3. The predicted octanol–water partition coefficient (Wildman–Crippen LogP) is 6.29. The molecular formula is C33H50N2O4S2. The van der Waals surface area contributed by atoms with Gasteiger partial charge in [-0.2, -0.15) is 0 Å². The van der Waals surface area contributed by atoms with Crippen molar-refractivity contribution < 1.29 is 16.8 Å². The molecule has 1 fully saturated rings. The smallest absolute Gasteiger partial charge is 0.175 e. The second kappa shape index (κ2) is 15.5. The highest BCUT2D eigenvalue weighted by Gasteiger charge is 2.22. The summed E-state index contributed by atoms with van der Waals surface area (Å²) in [7, 11) is -6.23. The molecule has 0 amide bonds. The number of piperidine rings is 1. The molecule has 0 N–H and O–H groups in total. The fourth-order valence-electron chi connectivity index (χ4n) is 5.89. The monoisotopic (exact) mass is 602 g/mol. The quantitative estimate of drug-likeness (QED) is 0.318. The summed E-state index contributed by atoms with van der Waals surface area (Å²) in [5.74, 6) is 1.27. The van der Waals surface area contributed by atoms with Crippen molar-refractivity contribution in [2.24, 2.45) is 5.92 Å². The van der Waals surface area contributed by atoms with E-state index < -0.39 is 19.7 Å². The molecule has 6 nitrogen and oxygen atoms in total. The Labute approximate surface area is 249 Å². The maximum atomic E-state index is 11.7. The topological polar surface area (TPSA) is 74.8 Å². The fourth-order valence-corrected chi connectivity index (χ4v) is 7.23. The van der Waals surface area contributed by atoms with E-state index >= 15 is 0 Å². The van der Waals surface area contributed by atoms with Crippen LogP contribution in [0.4, 0.5) is 0 Å². The SMILES string of the molecule is CCCC(C)CN1CCC(c2cccc(S(C)(=O)=O)c2)CC1.CCCN1CC=C(c2cccc(S(C)(=O)=O)c2)CC1. The molecule has 2 aromatic carbocycles. The Morgan fingerprint density at radius 3 is 2.02 bits per heavy atom. The molecule has 2 heterocycles. The Bertz CT molecular complexity index is 1360. The molecule has 0 aliphatic carbocycles. The van der Waals surface area contributed by atoms with Crippen LogP contribution in [0.2, 0.25) is 0 Å². The molecular weight excluding hydrogens is 553 g/mol. The zero-order valence-corrected chi connectivity index (χ0v) is 27.3. The van der Waals surface area contributed by atoms with Crippen LogP contribution in [0.25, 0.3) is 5.57 Å². The third-order valence-corrected chi connectivity index (χ3v) is 10.4. The van der Waals surface area contributed by atoms with Gasteiger partial charge in [0.15, 0.2) is 19.7 Å². The van der Waals surface area contributed by atoms with Gasteiger partial charge < -0.3 is 4.90 Å². The Morgan fingerprint density at radius 1 is 0.829 bits per heavy atom. The van der Waals surface area contributed by atoms with E-state index in [0.717, 1.165) is 63.5 Å². The summed E-state index contributed by atoms with van der Waals surface area (Å²) in [6, 6.07) is 14.8. The molecule has 1 atom stereocenters. The first kappa shape index (κ1) is 33.5. The molecule has 0 bridgehead atoms. The normalized spacial score (nSPS) is 18.3. The largest absolute Gasteiger partial charge is 0.303 e. The molecule has 0 saturated carbocycles. The minimum atomic E-state index is -3.12. The van der Waals surface area contributed by atoms with E-state index in [2.05, 4.69) is 42.7 Å².